The van der Waals surface area contributed by atoms with Gasteiger partial charge in [-0.3, -0.25) is 9.59 Å². The van der Waals surface area contributed by atoms with Crippen molar-refractivity contribution in [1.29, 1.82) is 0 Å². The van der Waals surface area contributed by atoms with E-state index in [2.05, 4.69) is 5.10 Å². The van der Waals surface area contributed by atoms with Gasteiger partial charge >= 0.3 is 5.97 Å². The first kappa shape index (κ1) is 21.2. The number of benzene rings is 1. The minimum Gasteiger partial charge on any atom is -0.469 e. The molecule has 3 rings (SSSR count). The van der Waals surface area contributed by atoms with Gasteiger partial charge < -0.3 is 9.64 Å². The van der Waals surface area contributed by atoms with Crippen LogP contribution >= 0.6 is 11.6 Å². The summed E-state index contributed by atoms with van der Waals surface area (Å²) in [5.41, 5.74) is -1.17. The van der Waals surface area contributed by atoms with Crippen molar-refractivity contribution in [3.63, 3.8) is 0 Å². The molecule has 29 heavy (non-hydrogen) atoms. The summed E-state index contributed by atoms with van der Waals surface area (Å²) in [5, 5.41) is 3.93. The number of nitrogens with zero attached hydrogens (tertiary/aromatic N) is 3. The predicted octanol–water partition coefficient (Wildman–Crippen LogP) is 3.58. The Labute approximate surface area is 172 Å². The van der Waals surface area contributed by atoms with E-state index in [1.807, 2.05) is 18.7 Å². The van der Waals surface area contributed by atoms with Crippen LogP contribution in [0.2, 0.25) is 5.02 Å². The number of anilines is 1. The number of rotatable bonds is 4. The molecular weight excluding hydrogens is 404 g/mol. The molecule has 9 heteroatoms. The van der Waals surface area contributed by atoms with Gasteiger partial charge in [0.2, 0.25) is 0 Å². The Kier molecular flexibility index (Phi) is 5.93. The summed E-state index contributed by atoms with van der Waals surface area (Å²) in [7, 11) is 1.36. The van der Waals surface area contributed by atoms with Crippen LogP contribution < -0.4 is 10.5 Å². The second-order valence-electron chi connectivity index (χ2n) is 7.65. The van der Waals surface area contributed by atoms with Crippen molar-refractivity contribution in [2.24, 2.45) is 11.3 Å². The average molecular weight is 426 g/mol. The van der Waals surface area contributed by atoms with Crippen LogP contribution in [0.4, 0.5) is 14.5 Å². The summed E-state index contributed by atoms with van der Waals surface area (Å²) < 4.78 is 32.9. The molecule has 1 unspecified atom stereocenters. The Morgan fingerprint density at radius 2 is 2.03 bits per heavy atom. The molecule has 0 N–H and O–H groups in total. The third-order valence-electron chi connectivity index (χ3n) is 5.53. The minimum atomic E-state index is -0.915. The fraction of sp³-hybridized carbons (Fsp3) is 0.450. The zero-order chi connectivity index (χ0) is 21.3. The van der Waals surface area contributed by atoms with Crippen molar-refractivity contribution in [3.8, 4) is 5.69 Å². The van der Waals surface area contributed by atoms with Crippen molar-refractivity contribution >= 4 is 23.3 Å². The second-order valence-corrected chi connectivity index (χ2v) is 8.03. The molecule has 0 saturated carbocycles. The number of aromatic nitrogens is 2. The molecule has 6 nitrogen and oxygen atoms in total. The number of carbonyl (C=O) groups excluding carboxylic acids is 1. The summed E-state index contributed by atoms with van der Waals surface area (Å²) in [6.45, 7) is 4.81. The lowest BCUT2D eigenvalue weighted by Crippen LogP contribution is -2.45. The second kappa shape index (κ2) is 8.10. The Hall–Kier alpha value is -2.48. The van der Waals surface area contributed by atoms with Crippen LogP contribution in [0, 0.1) is 23.0 Å². The number of carbonyl (C=O) groups is 1. The summed E-state index contributed by atoms with van der Waals surface area (Å²) in [6, 6.07) is 2.85. The molecule has 156 valence electrons. The van der Waals surface area contributed by atoms with Gasteiger partial charge in [-0.1, -0.05) is 11.6 Å². The molecule has 1 atom stereocenters. The number of esters is 1. The molecule has 1 aromatic heterocycles. The zero-order valence-electron chi connectivity index (χ0n) is 16.4. The molecule has 0 spiro atoms. The van der Waals surface area contributed by atoms with Crippen LogP contribution in [0.15, 0.2) is 29.2 Å². The van der Waals surface area contributed by atoms with E-state index in [1.165, 1.54) is 13.3 Å². The Bertz CT molecular complexity index is 993. The van der Waals surface area contributed by atoms with E-state index in [-0.39, 0.29) is 22.6 Å². The van der Waals surface area contributed by atoms with Crippen LogP contribution in [0.5, 0.6) is 0 Å². The fourth-order valence-electron chi connectivity index (χ4n) is 3.68. The van der Waals surface area contributed by atoms with Gasteiger partial charge in [0.25, 0.3) is 5.56 Å². The smallest absolute Gasteiger partial charge is 0.311 e. The van der Waals surface area contributed by atoms with Gasteiger partial charge in [0.15, 0.2) is 5.82 Å². The van der Waals surface area contributed by atoms with Crippen molar-refractivity contribution in [1.82, 2.24) is 9.78 Å². The first-order chi connectivity index (χ1) is 13.7. The third kappa shape index (κ3) is 3.99. The van der Waals surface area contributed by atoms with Crippen LogP contribution in [-0.4, -0.2) is 35.9 Å². The van der Waals surface area contributed by atoms with Gasteiger partial charge in [-0.05, 0) is 44.7 Å². The lowest BCUT2D eigenvalue weighted by atomic mass is 9.74. The molecule has 1 aromatic carbocycles. The van der Waals surface area contributed by atoms with E-state index in [4.69, 9.17) is 16.3 Å². The molecule has 0 bridgehead atoms. The van der Waals surface area contributed by atoms with Crippen molar-refractivity contribution in [2.45, 2.75) is 26.7 Å². The largest absolute Gasteiger partial charge is 0.469 e. The maximum Gasteiger partial charge on any atom is 0.311 e. The Morgan fingerprint density at radius 1 is 1.31 bits per heavy atom. The third-order valence-corrected chi connectivity index (χ3v) is 5.89. The predicted molar refractivity (Wildman–Crippen MR) is 105 cm³/mol. The molecule has 1 fully saturated rings. The Morgan fingerprint density at radius 3 is 2.69 bits per heavy atom. The number of halogens is 3. The minimum absolute atomic E-state index is 0.00302. The SMILES string of the molecule is COC(=O)C(C)(C)C1CCCN(c2cnn(-c3ccc(F)cc3F)c(=O)c2Cl)C1. The number of methoxy groups -OCH3 is 1. The number of piperidine rings is 1. The summed E-state index contributed by atoms with van der Waals surface area (Å²) in [4.78, 5) is 26.8. The van der Waals surface area contributed by atoms with E-state index in [1.54, 1.807) is 0 Å². The lowest BCUT2D eigenvalue weighted by molar-refractivity contribution is -0.154. The van der Waals surface area contributed by atoms with E-state index in [0.29, 0.717) is 24.8 Å². The first-order valence-electron chi connectivity index (χ1n) is 9.23. The fourth-order valence-corrected chi connectivity index (χ4v) is 3.93. The maximum absolute atomic E-state index is 14.1. The number of hydrogen-bond acceptors (Lipinski definition) is 5. The average Bonchev–Trinajstić information content (AvgIpc) is 2.70. The van der Waals surface area contributed by atoms with Crippen LogP contribution in [0.25, 0.3) is 5.69 Å². The summed E-state index contributed by atoms with van der Waals surface area (Å²) >= 11 is 6.31. The number of hydrogen-bond donors (Lipinski definition) is 0. The molecule has 1 aliphatic heterocycles. The quantitative estimate of drug-likeness (QED) is 0.700. The van der Waals surface area contributed by atoms with E-state index >= 15 is 0 Å². The molecular formula is C20H22ClF2N3O3. The monoisotopic (exact) mass is 425 g/mol. The molecule has 1 saturated heterocycles. The molecule has 0 radical (unpaired) electrons. The first-order valence-corrected chi connectivity index (χ1v) is 9.61. The standard InChI is InChI=1S/C20H22ClF2N3O3/c1-20(2,19(28)29-3)12-5-4-8-25(11-12)16-10-24-26(18(27)17(16)21)15-7-6-13(22)9-14(15)23/h6-7,9-10,12H,4-5,8,11H2,1-3H3. The van der Waals surface area contributed by atoms with Crippen molar-refractivity contribution in [3.05, 3.63) is 51.4 Å². The van der Waals surface area contributed by atoms with Gasteiger partial charge in [-0.2, -0.15) is 9.78 Å². The highest BCUT2D eigenvalue weighted by molar-refractivity contribution is 6.33. The molecule has 0 amide bonds. The molecule has 0 aliphatic carbocycles. The Balaban J connectivity index is 1.93. The van der Waals surface area contributed by atoms with E-state index in [0.717, 1.165) is 29.7 Å². The van der Waals surface area contributed by atoms with Crippen LogP contribution in [0.3, 0.4) is 0 Å². The van der Waals surface area contributed by atoms with Crippen molar-refractivity contribution in [2.75, 3.05) is 25.1 Å². The summed E-state index contributed by atoms with van der Waals surface area (Å²) in [5.74, 6) is -1.97. The van der Waals surface area contributed by atoms with Gasteiger partial charge in [0.05, 0.1) is 24.4 Å². The van der Waals surface area contributed by atoms with Crippen LogP contribution in [0.1, 0.15) is 26.7 Å². The van der Waals surface area contributed by atoms with Gasteiger partial charge in [0.1, 0.15) is 16.5 Å². The van der Waals surface area contributed by atoms with Gasteiger partial charge in [-0.25, -0.2) is 8.78 Å². The molecule has 2 aromatic rings. The normalized spacial score (nSPS) is 17.3. The highest BCUT2D eigenvalue weighted by Crippen LogP contribution is 2.37. The van der Waals surface area contributed by atoms with Crippen LogP contribution in [-0.2, 0) is 9.53 Å². The highest BCUT2D eigenvalue weighted by Gasteiger charge is 2.40. The van der Waals surface area contributed by atoms with Crippen molar-refractivity contribution < 1.29 is 18.3 Å². The highest BCUT2D eigenvalue weighted by atomic mass is 35.5. The molecule has 2 heterocycles. The number of ether oxygens (including phenoxy) is 1. The molecule has 1 aliphatic rings. The zero-order valence-corrected chi connectivity index (χ0v) is 17.2. The summed E-state index contributed by atoms with van der Waals surface area (Å²) in [6.07, 6.45) is 3.03. The maximum atomic E-state index is 14.1. The topological polar surface area (TPSA) is 64.4 Å². The van der Waals surface area contributed by atoms with Gasteiger partial charge in [0, 0.05) is 19.2 Å². The lowest BCUT2D eigenvalue weighted by Gasteiger charge is -2.40. The van der Waals surface area contributed by atoms with Gasteiger partial charge in [-0.15, -0.1) is 0 Å². The van der Waals surface area contributed by atoms with E-state index in [9.17, 15) is 18.4 Å². The van der Waals surface area contributed by atoms with E-state index < -0.39 is 22.6 Å².